The Labute approximate surface area is 96.5 Å². The number of carbonyl (C=O) groups excluding carboxylic acids is 1. The number of nitrogens with two attached hydrogens (primary N) is 1. The van der Waals surface area contributed by atoms with E-state index in [1.807, 2.05) is 4.90 Å². The van der Waals surface area contributed by atoms with Gasteiger partial charge in [-0.15, -0.1) is 12.4 Å². The predicted octanol–water partition coefficient (Wildman–Crippen LogP) is 0.250. The number of ether oxygens (including phenoxy) is 1. The highest BCUT2D eigenvalue weighted by molar-refractivity contribution is 5.85. The van der Waals surface area contributed by atoms with Gasteiger partial charge in [0.05, 0.1) is 0 Å². The van der Waals surface area contributed by atoms with Crippen molar-refractivity contribution in [3.05, 3.63) is 0 Å². The van der Waals surface area contributed by atoms with Gasteiger partial charge in [0.1, 0.15) is 6.61 Å². The minimum absolute atomic E-state index is 0. The third-order valence-electron chi connectivity index (χ3n) is 3.53. The third kappa shape index (κ3) is 2.44. The van der Waals surface area contributed by atoms with Gasteiger partial charge in [0.15, 0.2) is 0 Å². The molecule has 1 aliphatic heterocycles. The van der Waals surface area contributed by atoms with Crippen molar-refractivity contribution in [3.8, 4) is 0 Å². The van der Waals surface area contributed by atoms with Gasteiger partial charge in [0.25, 0.3) is 0 Å². The standard InChI is InChI=1S/C10H18N2O2.ClH/c1-14-6-10(13)12-4-7-2-3-9(11)8(7)5-12;/h7-9H,2-6,11H2,1H3;1H/t7-,8+,9?;/m0./s1. The average Bonchev–Trinajstić information content (AvgIpc) is 2.69. The fourth-order valence-corrected chi connectivity index (χ4v) is 2.73. The number of rotatable bonds is 2. The summed E-state index contributed by atoms with van der Waals surface area (Å²) in [4.78, 5) is 13.4. The molecule has 2 aliphatic rings. The molecule has 2 fully saturated rings. The Balaban J connectivity index is 0.00000112. The zero-order valence-electron chi connectivity index (χ0n) is 9.02. The number of hydrogen-bond donors (Lipinski definition) is 1. The first-order valence-corrected chi connectivity index (χ1v) is 5.24. The molecule has 0 aromatic heterocycles. The lowest BCUT2D eigenvalue weighted by Crippen LogP contribution is -2.35. The fraction of sp³-hybridized carbons (Fsp3) is 0.900. The van der Waals surface area contributed by atoms with Crippen molar-refractivity contribution in [1.82, 2.24) is 4.90 Å². The maximum absolute atomic E-state index is 11.5. The van der Waals surface area contributed by atoms with E-state index in [4.69, 9.17) is 10.5 Å². The van der Waals surface area contributed by atoms with Crippen LogP contribution in [0.15, 0.2) is 0 Å². The zero-order chi connectivity index (χ0) is 10.1. The fourth-order valence-electron chi connectivity index (χ4n) is 2.73. The van der Waals surface area contributed by atoms with Crippen LogP contribution in [0.1, 0.15) is 12.8 Å². The van der Waals surface area contributed by atoms with E-state index in [1.165, 1.54) is 6.42 Å². The molecule has 2 rings (SSSR count). The molecular formula is C10H19ClN2O2. The Hall–Kier alpha value is -0.320. The molecule has 1 unspecified atom stereocenters. The van der Waals surface area contributed by atoms with Crippen LogP contribution in [-0.2, 0) is 9.53 Å². The van der Waals surface area contributed by atoms with Crippen LogP contribution in [0.3, 0.4) is 0 Å². The molecule has 0 aromatic carbocycles. The molecule has 1 aliphatic carbocycles. The van der Waals surface area contributed by atoms with Gasteiger partial charge >= 0.3 is 0 Å². The topological polar surface area (TPSA) is 55.6 Å². The molecule has 15 heavy (non-hydrogen) atoms. The van der Waals surface area contributed by atoms with E-state index < -0.39 is 0 Å². The van der Waals surface area contributed by atoms with Crippen molar-refractivity contribution in [3.63, 3.8) is 0 Å². The van der Waals surface area contributed by atoms with E-state index in [9.17, 15) is 4.79 Å². The first-order chi connectivity index (χ1) is 6.72. The van der Waals surface area contributed by atoms with E-state index in [2.05, 4.69) is 0 Å². The van der Waals surface area contributed by atoms with Crippen LogP contribution in [0.2, 0.25) is 0 Å². The van der Waals surface area contributed by atoms with Crippen molar-refractivity contribution < 1.29 is 9.53 Å². The largest absolute Gasteiger partial charge is 0.375 e. The monoisotopic (exact) mass is 234 g/mol. The molecule has 0 radical (unpaired) electrons. The molecule has 88 valence electrons. The van der Waals surface area contributed by atoms with Gasteiger partial charge in [-0.1, -0.05) is 0 Å². The number of hydrogen-bond acceptors (Lipinski definition) is 3. The molecule has 1 heterocycles. The van der Waals surface area contributed by atoms with Crippen LogP contribution < -0.4 is 5.73 Å². The minimum Gasteiger partial charge on any atom is -0.375 e. The number of amides is 1. The summed E-state index contributed by atoms with van der Waals surface area (Å²) in [6, 6.07) is 0.306. The number of nitrogens with zero attached hydrogens (tertiary/aromatic N) is 1. The summed E-state index contributed by atoms with van der Waals surface area (Å²) in [5.41, 5.74) is 5.99. The van der Waals surface area contributed by atoms with E-state index in [1.54, 1.807) is 7.11 Å². The van der Waals surface area contributed by atoms with Crippen molar-refractivity contribution >= 4 is 18.3 Å². The normalized spacial score (nSPS) is 33.7. The smallest absolute Gasteiger partial charge is 0.248 e. The minimum atomic E-state index is 0. The summed E-state index contributed by atoms with van der Waals surface area (Å²) < 4.78 is 4.84. The molecule has 0 spiro atoms. The Morgan fingerprint density at radius 3 is 2.80 bits per heavy atom. The molecule has 5 heteroatoms. The third-order valence-corrected chi connectivity index (χ3v) is 3.53. The maximum Gasteiger partial charge on any atom is 0.248 e. The second-order valence-electron chi connectivity index (χ2n) is 4.40. The molecule has 1 saturated carbocycles. The average molecular weight is 235 g/mol. The Morgan fingerprint density at radius 1 is 1.47 bits per heavy atom. The Morgan fingerprint density at radius 2 is 2.20 bits per heavy atom. The Kier molecular flexibility index (Phi) is 4.37. The van der Waals surface area contributed by atoms with Gasteiger partial charge in [-0.2, -0.15) is 0 Å². The summed E-state index contributed by atoms with van der Waals surface area (Å²) in [5, 5.41) is 0. The molecule has 1 saturated heterocycles. The number of carbonyl (C=O) groups is 1. The van der Waals surface area contributed by atoms with Crippen LogP contribution >= 0.6 is 12.4 Å². The number of likely N-dealkylation sites (tertiary alicyclic amines) is 1. The van der Waals surface area contributed by atoms with Crippen molar-refractivity contribution in [2.24, 2.45) is 17.6 Å². The summed E-state index contributed by atoms with van der Waals surface area (Å²) in [7, 11) is 1.56. The molecule has 0 bridgehead atoms. The number of methoxy groups -OCH3 is 1. The Bertz CT molecular complexity index is 237. The van der Waals surface area contributed by atoms with Crippen molar-refractivity contribution in [2.75, 3.05) is 26.8 Å². The molecule has 0 aromatic rings. The van der Waals surface area contributed by atoms with Gasteiger partial charge in [0, 0.05) is 26.2 Å². The molecule has 1 amide bonds. The molecule has 4 nitrogen and oxygen atoms in total. The second-order valence-corrected chi connectivity index (χ2v) is 4.40. The van der Waals surface area contributed by atoms with Crippen LogP contribution in [0.4, 0.5) is 0 Å². The highest BCUT2D eigenvalue weighted by Gasteiger charge is 2.42. The van der Waals surface area contributed by atoms with Gasteiger partial charge in [-0.25, -0.2) is 0 Å². The molecule has 3 atom stereocenters. The highest BCUT2D eigenvalue weighted by Crippen LogP contribution is 2.36. The lowest BCUT2D eigenvalue weighted by atomic mass is 9.98. The van der Waals surface area contributed by atoms with Crippen LogP contribution in [0.25, 0.3) is 0 Å². The van der Waals surface area contributed by atoms with Gasteiger partial charge in [-0.3, -0.25) is 4.79 Å². The van der Waals surface area contributed by atoms with Gasteiger partial charge < -0.3 is 15.4 Å². The predicted molar refractivity (Wildman–Crippen MR) is 59.9 cm³/mol. The van der Waals surface area contributed by atoms with Crippen LogP contribution in [-0.4, -0.2) is 43.7 Å². The van der Waals surface area contributed by atoms with Crippen LogP contribution in [0, 0.1) is 11.8 Å². The molecular weight excluding hydrogens is 216 g/mol. The van der Waals surface area contributed by atoms with Gasteiger partial charge in [0.2, 0.25) is 5.91 Å². The van der Waals surface area contributed by atoms with Crippen molar-refractivity contribution in [2.45, 2.75) is 18.9 Å². The van der Waals surface area contributed by atoms with E-state index in [0.29, 0.717) is 17.9 Å². The van der Waals surface area contributed by atoms with Gasteiger partial charge in [-0.05, 0) is 24.7 Å². The summed E-state index contributed by atoms with van der Waals surface area (Å²) in [6.07, 6.45) is 2.31. The summed E-state index contributed by atoms with van der Waals surface area (Å²) in [6.45, 7) is 1.93. The van der Waals surface area contributed by atoms with Crippen molar-refractivity contribution in [1.29, 1.82) is 0 Å². The van der Waals surface area contributed by atoms with E-state index in [0.717, 1.165) is 19.5 Å². The zero-order valence-corrected chi connectivity index (χ0v) is 9.83. The second kappa shape index (κ2) is 5.14. The van der Waals surface area contributed by atoms with Crippen LogP contribution in [0.5, 0.6) is 0 Å². The first-order valence-electron chi connectivity index (χ1n) is 5.24. The lowest BCUT2D eigenvalue weighted by Gasteiger charge is -2.18. The molecule has 2 N–H and O–H groups in total. The number of fused-ring (bicyclic) bond motifs is 1. The quantitative estimate of drug-likeness (QED) is 0.745. The van der Waals surface area contributed by atoms with E-state index in [-0.39, 0.29) is 24.9 Å². The lowest BCUT2D eigenvalue weighted by molar-refractivity contribution is -0.134. The SMILES string of the molecule is COCC(=O)N1C[C@@H]2CCC(N)[C@@H]2C1.Cl. The maximum atomic E-state index is 11.5. The summed E-state index contributed by atoms with van der Waals surface area (Å²) >= 11 is 0. The first kappa shape index (κ1) is 12.7. The highest BCUT2D eigenvalue weighted by atomic mass is 35.5. The van der Waals surface area contributed by atoms with E-state index >= 15 is 0 Å². The summed E-state index contributed by atoms with van der Waals surface area (Å²) in [5.74, 6) is 1.29. The number of halogens is 1.